The molecule has 1 aromatic carbocycles. The Labute approximate surface area is 168 Å². The monoisotopic (exact) mass is 386 g/mol. The minimum absolute atomic E-state index is 0.0685. The molecule has 0 spiro atoms. The quantitative estimate of drug-likeness (QED) is 0.752. The van der Waals surface area contributed by atoms with Gasteiger partial charge < -0.3 is 20.4 Å². The second kappa shape index (κ2) is 8.84. The second-order valence-corrected chi connectivity index (χ2v) is 8.55. The zero-order valence-corrected chi connectivity index (χ0v) is 17.6. The van der Waals surface area contributed by atoms with E-state index in [1.54, 1.807) is 0 Å². The summed E-state index contributed by atoms with van der Waals surface area (Å²) in [5, 5.41) is 5.99. The van der Waals surface area contributed by atoms with Crippen LogP contribution in [0, 0.1) is 11.8 Å². The van der Waals surface area contributed by atoms with Gasteiger partial charge in [0.25, 0.3) is 0 Å². The molecule has 4 atom stereocenters. The van der Waals surface area contributed by atoms with Crippen LogP contribution in [-0.2, 0) is 0 Å². The average molecular weight is 387 g/mol. The molecule has 0 aromatic heterocycles. The van der Waals surface area contributed by atoms with Crippen LogP contribution in [0.15, 0.2) is 24.3 Å². The Bertz CT molecular complexity index is 652. The number of likely N-dealkylation sites (tertiary alicyclic amines) is 2. The molecule has 2 saturated heterocycles. The van der Waals surface area contributed by atoms with E-state index < -0.39 is 0 Å². The van der Waals surface area contributed by atoms with Crippen molar-refractivity contribution in [2.24, 2.45) is 11.8 Å². The second-order valence-electron chi connectivity index (χ2n) is 8.55. The number of rotatable bonds is 2. The predicted molar refractivity (Wildman–Crippen MR) is 114 cm³/mol. The molecule has 2 fully saturated rings. The van der Waals surface area contributed by atoms with Crippen molar-refractivity contribution < 1.29 is 9.59 Å². The van der Waals surface area contributed by atoms with Crippen LogP contribution in [0.25, 0.3) is 0 Å². The number of hydrogen-bond acceptors (Lipinski definition) is 2. The standard InChI is InChI=1S/C22H34N4O2/c1-15-8-6-12-25(17(15)3)21(27)23-19-10-5-11-20(14-19)24-22(28)26-13-7-9-16(2)18(26)4/h5,10-11,14-18H,6-9,12-13H2,1-4H3,(H,23,27)(H,24,28)/t15-,16+,17-,18-/m1/s1. The van der Waals surface area contributed by atoms with Crippen LogP contribution in [0.2, 0.25) is 0 Å². The first-order chi connectivity index (χ1) is 13.4. The fraction of sp³-hybridized carbons (Fsp3) is 0.636. The molecule has 0 radical (unpaired) electrons. The van der Waals surface area contributed by atoms with Gasteiger partial charge in [-0.25, -0.2) is 9.59 Å². The smallest absolute Gasteiger partial charge is 0.322 e. The van der Waals surface area contributed by atoms with E-state index in [9.17, 15) is 9.59 Å². The van der Waals surface area contributed by atoms with Gasteiger partial charge in [-0.2, -0.15) is 0 Å². The number of nitrogens with zero attached hydrogens (tertiary/aromatic N) is 2. The Balaban J connectivity index is 1.62. The van der Waals surface area contributed by atoms with Crippen LogP contribution in [-0.4, -0.2) is 47.0 Å². The highest BCUT2D eigenvalue weighted by molar-refractivity contribution is 5.93. The van der Waals surface area contributed by atoms with Gasteiger partial charge in [0.15, 0.2) is 0 Å². The summed E-state index contributed by atoms with van der Waals surface area (Å²) in [4.78, 5) is 29.2. The molecule has 0 saturated carbocycles. The number of benzene rings is 1. The van der Waals surface area contributed by atoms with Crippen molar-refractivity contribution in [1.82, 2.24) is 9.80 Å². The number of urea groups is 2. The maximum atomic E-state index is 12.7. The van der Waals surface area contributed by atoms with Gasteiger partial charge in [-0.15, -0.1) is 0 Å². The minimum atomic E-state index is -0.0685. The third-order valence-corrected chi connectivity index (χ3v) is 6.63. The van der Waals surface area contributed by atoms with E-state index in [1.165, 1.54) is 12.8 Å². The van der Waals surface area contributed by atoms with Crippen LogP contribution >= 0.6 is 0 Å². The topological polar surface area (TPSA) is 64.7 Å². The lowest BCUT2D eigenvalue weighted by atomic mass is 9.92. The fourth-order valence-electron chi connectivity index (χ4n) is 4.31. The molecular weight excluding hydrogens is 352 g/mol. The number of hydrogen-bond donors (Lipinski definition) is 2. The highest BCUT2D eigenvalue weighted by Gasteiger charge is 2.29. The first kappa shape index (κ1) is 20.5. The van der Waals surface area contributed by atoms with Crippen LogP contribution in [0.4, 0.5) is 21.0 Å². The van der Waals surface area contributed by atoms with Crippen LogP contribution in [0.1, 0.15) is 53.4 Å². The Kier molecular flexibility index (Phi) is 6.47. The third-order valence-electron chi connectivity index (χ3n) is 6.63. The van der Waals surface area contributed by atoms with Crippen molar-refractivity contribution in [2.45, 2.75) is 65.5 Å². The highest BCUT2D eigenvalue weighted by atomic mass is 16.2. The van der Waals surface area contributed by atoms with Gasteiger partial charge in [0.1, 0.15) is 0 Å². The number of anilines is 2. The van der Waals surface area contributed by atoms with E-state index >= 15 is 0 Å². The summed E-state index contributed by atoms with van der Waals surface area (Å²) in [5.41, 5.74) is 1.40. The molecule has 2 heterocycles. The highest BCUT2D eigenvalue weighted by Crippen LogP contribution is 2.26. The van der Waals surface area contributed by atoms with Crippen LogP contribution < -0.4 is 10.6 Å². The van der Waals surface area contributed by atoms with E-state index in [4.69, 9.17) is 0 Å². The summed E-state index contributed by atoms with van der Waals surface area (Å²) >= 11 is 0. The van der Waals surface area contributed by atoms with Crippen molar-refractivity contribution in [1.29, 1.82) is 0 Å². The van der Waals surface area contributed by atoms with E-state index in [0.29, 0.717) is 23.2 Å². The Morgan fingerprint density at radius 1 is 0.821 bits per heavy atom. The molecule has 0 bridgehead atoms. The largest absolute Gasteiger partial charge is 0.322 e. The number of nitrogens with one attached hydrogen (secondary N) is 2. The summed E-state index contributed by atoms with van der Waals surface area (Å²) in [6, 6.07) is 7.73. The van der Waals surface area contributed by atoms with Crippen molar-refractivity contribution in [2.75, 3.05) is 23.7 Å². The van der Waals surface area contributed by atoms with E-state index in [0.717, 1.165) is 25.9 Å². The van der Waals surface area contributed by atoms with Gasteiger partial charge in [-0.1, -0.05) is 19.9 Å². The summed E-state index contributed by atoms with van der Waals surface area (Å²) in [5.74, 6) is 1.03. The maximum absolute atomic E-state index is 12.7. The van der Waals surface area contributed by atoms with Crippen LogP contribution in [0.5, 0.6) is 0 Å². The number of piperidine rings is 2. The van der Waals surface area contributed by atoms with Gasteiger partial charge >= 0.3 is 12.1 Å². The molecule has 0 aliphatic carbocycles. The average Bonchev–Trinajstić information content (AvgIpc) is 2.66. The first-order valence-corrected chi connectivity index (χ1v) is 10.6. The predicted octanol–water partition coefficient (Wildman–Crippen LogP) is 4.99. The van der Waals surface area contributed by atoms with Gasteiger partial charge in [-0.05, 0) is 69.6 Å². The van der Waals surface area contributed by atoms with Crippen LogP contribution in [0.3, 0.4) is 0 Å². The van der Waals surface area contributed by atoms with E-state index in [-0.39, 0.29) is 24.1 Å². The maximum Gasteiger partial charge on any atom is 0.322 e. The minimum Gasteiger partial charge on any atom is -0.322 e. The molecule has 0 unspecified atom stereocenters. The molecule has 2 aliphatic rings. The van der Waals surface area contributed by atoms with Crippen molar-refractivity contribution in [3.05, 3.63) is 24.3 Å². The summed E-state index contributed by atoms with van der Waals surface area (Å²) < 4.78 is 0. The molecule has 4 amide bonds. The summed E-state index contributed by atoms with van der Waals surface area (Å²) in [6.45, 7) is 10.2. The number of carbonyl (C=O) groups excluding carboxylic acids is 2. The lowest BCUT2D eigenvalue weighted by Gasteiger charge is -2.38. The molecule has 154 valence electrons. The van der Waals surface area contributed by atoms with Crippen molar-refractivity contribution in [3.63, 3.8) is 0 Å². The normalized spacial score (nSPS) is 28.0. The van der Waals surface area contributed by atoms with E-state index in [2.05, 4.69) is 38.3 Å². The molecule has 6 nitrogen and oxygen atoms in total. The molecule has 2 aliphatic heterocycles. The number of carbonyl (C=O) groups is 2. The lowest BCUT2D eigenvalue weighted by Crippen LogP contribution is -2.48. The summed E-state index contributed by atoms with van der Waals surface area (Å²) in [6.07, 6.45) is 4.42. The lowest BCUT2D eigenvalue weighted by molar-refractivity contribution is 0.138. The molecule has 3 rings (SSSR count). The molecule has 1 aromatic rings. The number of amides is 4. The molecule has 6 heteroatoms. The van der Waals surface area contributed by atoms with Crippen molar-refractivity contribution >= 4 is 23.4 Å². The van der Waals surface area contributed by atoms with Gasteiger partial charge in [-0.3, -0.25) is 0 Å². The Hall–Kier alpha value is -2.24. The Morgan fingerprint density at radius 2 is 1.25 bits per heavy atom. The zero-order chi connectivity index (χ0) is 20.3. The Morgan fingerprint density at radius 3 is 1.68 bits per heavy atom. The first-order valence-electron chi connectivity index (χ1n) is 10.6. The molecule has 2 N–H and O–H groups in total. The summed E-state index contributed by atoms with van der Waals surface area (Å²) in [7, 11) is 0. The molecule has 28 heavy (non-hydrogen) atoms. The van der Waals surface area contributed by atoms with E-state index in [1.807, 2.05) is 34.1 Å². The fourth-order valence-corrected chi connectivity index (χ4v) is 4.31. The van der Waals surface area contributed by atoms with Gasteiger partial charge in [0, 0.05) is 36.5 Å². The zero-order valence-electron chi connectivity index (χ0n) is 17.6. The van der Waals surface area contributed by atoms with Gasteiger partial charge in [0.05, 0.1) is 0 Å². The SMILES string of the molecule is C[C@@H]1CCCN(C(=O)Nc2cccc(NC(=O)N3CCC[C@H](C)[C@H]3C)c2)[C@@H]1C. The van der Waals surface area contributed by atoms with Crippen molar-refractivity contribution in [3.8, 4) is 0 Å². The van der Waals surface area contributed by atoms with Gasteiger partial charge in [0.2, 0.25) is 0 Å². The third kappa shape index (κ3) is 4.59. The molecular formula is C22H34N4O2.